The highest BCUT2D eigenvalue weighted by molar-refractivity contribution is 6.09. The maximum atomic E-state index is 9.46. The number of pyridine rings is 1. The number of fused-ring (bicyclic) bond motifs is 4. The molecule has 0 N–H and O–H groups in total. The lowest BCUT2D eigenvalue weighted by Crippen LogP contribution is -2.29. The van der Waals surface area contributed by atoms with Crippen LogP contribution in [0.4, 0.5) is 0 Å². The SMILES string of the molecule is [2H]c1c([2H])c(-[n+]2[c-]n(-c3cccc(Oc4ccc5c6ccccc6n(-c6cc(C(C)(C)C)ccn6)c5c4)c3)c3ccccc32)c([2H])c([2H])c1C#N. The second-order valence-electron chi connectivity index (χ2n) is 12.4. The van der Waals surface area contributed by atoms with Crippen LogP contribution in [0.1, 0.15) is 37.4 Å². The van der Waals surface area contributed by atoms with Gasteiger partial charge in [0.05, 0.1) is 50.6 Å². The molecule has 0 fully saturated rings. The minimum atomic E-state index is -0.393. The molecule has 8 rings (SSSR count). The van der Waals surface area contributed by atoms with E-state index in [-0.39, 0.29) is 28.8 Å². The predicted molar refractivity (Wildman–Crippen MR) is 186 cm³/mol. The van der Waals surface area contributed by atoms with Gasteiger partial charge < -0.3 is 4.74 Å². The van der Waals surface area contributed by atoms with E-state index in [0.717, 1.165) is 33.1 Å². The molecule has 47 heavy (non-hydrogen) atoms. The van der Waals surface area contributed by atoms with E-state index in [1.165, 1.54) is 10.1 Å². The highest BCUT2D eigenvalue weighted by atomic mass is 16.5. The Morgan fingerprint density at radius 1 is 0.787 bits per heavy atom. The highest BCUT2D eigenvalue weighted by Gasteiger charge is 2.18. The first kappa shape index (κ1) is 24.1. The quantitative estimate of drug-likeness (QED) is 0.144. The van der Waals surface area contributed by atoms with Crippen molar-refractivity contribution in [1.29, 1.82) is 5.26 Å². The van der Waals surface area contributed by atoms with Crippen LogP contribution >= 0.6 is 0 Å². The number of aromatic nitrogens is 4. The van der Waals surface area contributed by atoms with Gasteiger partial charge >= 0.3 is 0 Å². The van der Waals surface area contributed by atoms with E-state index in [2.05, 4.69) is 62.0 Å². The third-order valence-corrected chi connectivity index (χ3v) is 8.31. The fourth-order valence-electron chi connectivity index (χ4n) is 5.98. The number of hydrogen-bond acceptors (Lipinski definition) is 3. The monoisotopic (exact) mass is 613 g/mol. The van der Waals surface area contributed by atoms with Gasteiger partial charge in [0.25, 0.3) is 6.33 Å². The fourth-order valence-corrected chi connectivity index (χ4v) is 5.98. The minimum Gasteiger partial charge on any atom is -0.458 e. The van der Waals surface area contributed by atoms with Gasteiger partial charge in [0, 0.05) is 23.0 Å². The molecule has 0 saturated heterocycles. The van der Waals surface area contributed by atoms with E-state index in [9.17, 15) is 5.26 Å². The van der Waals surface area contributed by atoms with Gasteiger partial charge in [0.2, 0.25) is 0 Å². The van der Waals surface area contributed by atoms with Crippen molar-refractivity contribution >= 4 is 32.8 Å². The minimum absolute atomic E-state index is 0.0116. The molecular weight excluding hydrogens is 578 g/mol. The Morgan fingerprint density at radius 2 is 1.53 bits per heavy atom. The molecule has 3 heterocycles. The van der Waals surface area contributed by atoms with Crippen LogP contribution in [0.25, 0.3) is 50.0 Å². The number of nitrogens with zero attached hydrogens (tertiary/aromatic N) is 5. The summed E-state index contributed by atoms with van der Waals surface area (Å²) in [7, 11) is 0. The van der Waals surface area contributed by atoms with Gasteiger partial charge in [-0.15, -0.1) is 0 Å². The Morgan fingerprint density at radius 3 is 2.34 bits per heavy atom. The Bertz CT molecular complexity index is 2710. The second kappa shape index (κ2) is 11.0. The molecule has 0 aliphatic carbocycles. The maximum Gasteiger partial charge on any atom is 0.269 e. The summed E-state index contributed by atoms with van der Waals surface area (Å²) in [5, 5.41) is 11.7. The normalized spacial score (nSPS) is 12.9. The molecule has 3 aromatic heterocycles. The number of para-hydroxylation sites is 3. The van der Waals surface area contributed by atoms with Crippen molar-refractivity contribution in [3.63, 3.8) is 0 Å². The van der Waals surface area contributed by atoms with Gasteiger partial charge in [-0.1, -0.05) is 69.3 Å². The zero-order valence-electron chi connectivity index (χ0n) is 30.0. The molecule has 5 aromatic carbocycles. The highest BCUT2D eigenvalue weighted by Crippen LogP contribution is 2.36. The number of nitriles is 1. The van der Waals surface area contributed by atoms with Crippen LogP contribution in [-0.4, -0.2) is 14.1 Å². The summed E-state index contributed by atoms with van der Waals surface area (Å²) in [6.07, 6.45) is 5.11. The van der Waals surface area contributed by atoms with Crippen LogP contribution in [0.3, 0.4) is 0 Å². The first-order valence-corrected chi connectivity index (χ1v) is 15.3. The molecule has 0 aliphatic rings. The molecule has 226 valence electrons. The van der Waals surface area contributed by atoms with E-state index in [1.54, 1.807) is 10.6 Å². The molecule has 0 amide bonds. The third-order valence-electron chi connectivity index (χ3n) is 8.31. The molecule has 0 radical (unpaired) electrons. The maximum absolute atomic E-state index is 9.46. The fraction of sp³-hybridized carbons (Fsp3) is 0.0976. The summed E-state index contributed by atoms with van der Waals surface area (Å²) in [6, 6.07) is 33.9. The average Bonchev–Trinajstić information content (AvgIpc) is 3.67. The summed E-state index contributed by atoms with van der Waals surface area (Å²) in [6.45, 7) is 6.58. The van der Waals surface area contributed by atoms with Crippen molar-refractivity contribution < 1.29 is 14.8 Å². The van der Waals surface area contributed by atoms with Gasteiger partial charge in [-0.2, -0.15) is 5.26 Å². The van der Waals surface area contributed by atoms with Crippen molar-refractivity contribution in [2.24, 2.45) is 0 Å². The lowest BCUT2D eigenvalue weighted by atomic mass is 9.88. The Balaban J connectivity index is 1.22. The molecule has 0 unspecified atom stereocenters. The first-order valence-electron chi connectivity index (χ1n) is 17.3. The lowest BCUT2D eigenvalue weighted by molar-refractivity contribution is -0.572. The van der Waals surface area contributed by atoms with Crippen molar-refractivity contribution in [3.8, 4) is 34.8 Å². The van der Waals surface area contributed by atoms with E-state index in [4.69, 9.17) is 15.2 Å². The van der Waals surface area contributed by atoms with Gasteiger partial charge in [-0.05, 0) is 83.7 Å². The first-order chi connectivity index (χ1) is 24.5. The van der Waals surface area contributed by atoms with Gasteiger partial charge in [0.15, 0.2) is 0 Å². The van der Waals surface area contributed by atoms with E-state index in [1.807, 2.05) is 79.0 Å². The summed E-state index contributed by atoms with van der Waals surface area (Å²) in [4.78, 5) is 4.79. The molecule has 8 aromatic rings. The lowest BCUT2D eigenvalue weighted by Gasteiger charge is -2.20. The largest absolute Gasteiger partial charge is 0.458 e. The van der Waals surface area contributed by atoms with Crippen LogP contribution in [0.2, 0.25) is 0 Å². The van der Waals surface area contributed by atoms with Crippen LogP contribution < -0.4 is 9.30 Å². The molecule has 0 bridgehead atoms. The van der Waals surface area contributed by atoms with Crippen LogP contribution in [0.15, 0.2) is 133 Å². The Hall–Kier alpha value is -6.19. The number of imidazole rings is 1. The Labute approximate surface area is 278 Å². The van der Waals surface area contributed by atoms with Crippen molar-refractivity contribution in [3.05, 3.63) is 151 Å². The van der Waals surface area contributed by atoms with Crippen molar-refractivity contribution in [1.82, 2.24) is 14.1 Å². The predicted octanol–water partition coefficient (Wildman–Crippen LogP) is 9.16. The van der Waals surface area contributed by atoms with Crippen LogP contribution in [0, 0.1) is 17.7 Å². The zero-order chi connectivity index (χ0) is 35.6. The van der Waals surface area contributed by atoms with Crippen molar-refractivity contribution in [2.45, 2.75) is 26.2 Å². The van der Waals surface area contributed by atoms with Crippen LogP contribution in [0.5, 0.6) is 11.5 Å². The second-order valence-corrected chi connectivity index (χ2v) is 12.4. The molecule has 0 spiro atoms. The van der Waals surface area contributed by atoms with E-state index in [0.29, 0.717) is 22.7 Å². The van der Waals surface area contributed by atoms with E-state index >= 15 is 0 Å². The van der Waals surface area contributed by atoms with Crippen LogP contribution in [-0.2, 0) is 5.41 Å². The molecule has 0 aliphatic heterocycles. The molecule has 0 atom stereocenters. The summed E-state index contributed by atoms with van der Waals surface area (Å²) in [5.74, 6) is 2.07. The van der Waals surface area contributed by atoms with Gasteiger partial charge in [0.1, 0.15) is 17.3 Å². The van der Waals surface area contributed by atoms with E-state index < -0.39 is 12.1 Å². The third kappa shape index (κ3) is 4.99. The smallest absolute Gasteiger partial charge is 0.269 e. The topological polar surface area (TPSA) is 59.6 Å². The van der Waals surface area contributed by atoms with Gasteiger partial charge in [-0.25, -0.2) is 4.98 Å². The number of hydrogen-bond donors (Lipinski definition) is 0. The number of rotatable bonds is 5. The Kier molecular flexibility index (Phi) is 5.64. The summed E-state index contributed by atoms with van der Waals surface area (Å²) < 4.78 is 46.0. The molecule has 0 saturated carbocycles. The summed E-state index contributed by atoms with van der Waals surface area (Å²) >= 11 is 0. The average molecular weight is 614 g/mol. The molecular formula is C41H31N5O. The molecule has 6 heteroatoms. The zero-order valence-corrected chi connectivity index (χ0v) is 26.0. The van der Waals surface area contributed by atoms with Crippen molar-refractivity contribution in [2.75, 3.05) is 0 Å². The number of ether oxygens (including phenoxy) is 1. The number of benzene rings is 5. The molecule has 6 nitrogen and oxygen atoms in total. The summed E-state index contributed by atoms with van der Waals surface area (Å²) in [5.41, 5.74) is 4.95. The standard InChI is InChI=1S/C41H31N5O/c1-41(2,3)29-21-22-43-40(23-29)46-36-12-5-4-11-34(36)35-20-19-33(25-39(35)46)47-32-10-8-9-31(24-32)45-27-44(37-13-6-7-14-38(37)45)30-17-15-28(26-42)16-18-30/h4-25H,1-3H3/i15D,16D,17D,18D. The van der Waals surface area contributed by atoms with Gasteiger partial charge in [-0.3, -0.25) is 13.7 Å².